The highest BCUT2D eigenvalue weighted by Gasteiger charge is 2.35. The first-order chi connectivity index (χ1) is 12.7. The molecule has 0 bridgehead atoms. The summed E-state index contributed by atoms with van der Waals surface area (Å²) < 4.78 is 38.6. The highest BCUT2D eigenvalue weighted by atomic mass is 35.5. The second-order valence-electron chi connectivity index (χ2n) is 6.82. The monoisotopic (exact) mass is 395 g/mol. The van der Waals surface area contributed by atoms with E-state index in [0.717, 1.165) is 17.7 Å². The van der Waals surface area contributed by atoms with E-state index in [0.29, 0.717) is 47.9 Å². The number of H-pyrrole nitrogens is 1. The number of aromatic amines is 1. The molecule has 2 heterocycles. The summed E-state index contributed by atoms with van der Waals surface area (Å²) in [5.74, 6) is 0.512. The molecule has 4 nitrogen and oxygen atoms in total. The standard InChI is InChI=1S/C19H17ClF3N3O/c20-14-3-1-2-12(10-14)18(27)6-8-26(9-7-18)17-24-15-5-4-13(19(21,22)23)11-16(15)25-17/h1-5,10-11,27H,6-9H2,(H,24,25). The lowest BCUT2D eigenvalue weighted by Crippen LogP contribution is -2.43. The minimum absolute atomic E-state index is 0.343. The Kier molecular flexibility index (Phi) is 4.31. The van der Waals surface area contributed by atoms with Crippen LogP contribution in [0.5, 0.6) is 0 Å². The van der Waals surface area contributed by atoms with Gasteiger partial charge in [-0.05, 0) is 48.7 Å². The molecule has 1 aliphatic heterocycles. The number of hydrogen-bond donors (Lipinski definition) is 2. The van der Waals surface area contributed by atoms with Crippen molar-refractivity contribution in [2.75, 3.05) is 18.0 Å². The number of anilines is 1. The number of fused-ring (bicyclic) bond motifs is 1. The van der Waals surface area contributed by atoms with Crippen molar-refractivity contribution in [3.8, 4) is 0 Å². The summed E-state index contributed by atoms with van der Waals surface area (Å²) >= 11 is 6.02. The second kappa shape index (κ2) is 6.42. The van der Waals surface area contributed by atoms with Crippen LogP contribution in [0.3, 0.4) is 0 Å². The lowest BCUT2D eigenvalue weighted by atomic mass is 9.84. The van der Waals surface area contributed by atoms with E-state index < -0.39 is 17.3 Å². The van der Waals surface area contributed by atoms with Crippen LogP contribution in [0.15, 0.2) is 42.5 Å². The molecule has 27 heavy (non-hydrogen) atoms. The Hall–Kier alpha value is -2.25. The van der Waals surface area contributed by atoms with Crippen LogP contribution in [0.25, 0.3) is 11.0 Å². The molecule has 1 aromatic heterocycles. The Balaban J connectivity index is 1.54. The third-order valence-corrected chi connectivity index (χ3v) is 5.28. The molecule has 0 saturated carbocycles. The van der Waals surface area contributed by atoms with Gasteiger partial charge in [-0.3, -0.25) is 0 Å². The van der Waals surface area contributed by atoms with Crippen LogP contribution in [0.1, 0.15) is 24.0 Å². The molecule has 3 aromatic rings. The third-order valence-electron chi connectivity index (χ3n) is 5.05. The molecule has 0 radical (unpaired) electrons. The Labute approximate surface area is 158 Å². The van der Waals surface area contributed by atoms with Crippen LogP contribution in [0.2, 0.25) is 5.02 Å². The van der Waals surface area contributed by atoms with E-state index in [1.165, 1.54) is 6.07 Å². The molecule has 0 spiro atoms. The van der Waals surface area contributed by atoms with Crippen LogP contribution >= 0.6 is 11.6 Å². The number of benzene rings is 2. The minimum atomic E-state index is -4.39. The number of aliphatic hydroxyl groups is 1. The summed E-state index contributed by atoms with van der Waals surface area (Å²) in [5, 5.41) is 11.5. The van der Waals surface area contributed by atoms with Gasteiger partial charge in [0.15, 0.2) is 0 Å². The van der Waals surface area contributed by atoms with Gasteiger partial charge < -0.3 is 15.0 Å². The van der Waals surface area contributed by atoms with Gasteiger partial charge in [0.1, 0.15) is 0 Å². The second-order valence-corrected chi connectivity index (χ2v) is 7.26. The molecule has 0 unspecified atom stereocenters. The summed E-state index contributed by atoms with van der Waals surface area (Å²) in [6, 6.07) is 10.6. The maximum atomic E-state index is 12.9. The minimum Gasteiger partial charge on any atom is -0.385 e. The van der Waals surface area contributed by atoms with Crippen molar-refractivity contribution in [2.24, 2.45) is 0 Å². The first-order valence-electron chi connectivity index (χ1n) is 8.55. The SMILES string of the molecule is OC1(c2cccc(Cl)c2)CCN(c2nc3ccc(C(F)(F)F)cc3[nH]2)CC1. The summed E-state index contributed by atoms with van der Waals surface area (Å²) in [6.45, 7) is 1.05. The predicted octanol–water partition coefficient (Wildman–Crippen LogP) is 4.72. The van der Waals surface area contributed by atoms with Crippen molar-refractivity contribution in [3.63, 3.8) is 0 Å². The molecule has 2 aromatic carbocycles. The fourth-order valence-corrected chi connectivity index (χ4v) is 3.67. The molecule has 1 saturated heterocycles. The molecule has 4 rings (SSSR count). The van der Waals surface area contributed by atoms with E-state index in [1.807, 2.05) is 11.0 Å². The van der Waals surface area contributed by atoms with Crippen molar-refractivity contribution < 1.29 is 18.3 Å². The van der Waals surface area contributed by atoms with Crippen molar-refractivity contribution in [1.29, 1.82) is 0 Å². The predicted molar refractivity (Wildman–Crippen MR) is 97.9 cm³/mol. The molecule has 142 valence electrons. The Morgan fingerprint density at radius 3 is 2.52 bits per heavy atom. The summed E-state index contributed by atoms with van der Waals surface area (Å²) in [4.78, 5) is 9.30. The van der Waals surface area contributed by atoms with E-state index >= 15 is 0 Å². The average molecular weight is 396 g/mol. The number of halogens is 4. The van der Waals surface area contributed by atoms with Crippen LogP contribution in [0, 0.1) is 0 Å². The largest absolute Gasteiger partial charge is 0.416 e. The fourth-order valence-electron chi connectivity index (χ4n) is 3.48. The number of nitrogens with one attached hydrogen (secondary N) is 1. The van der Waals surface area contributed by atoms with Crippen molar-refractivity contribution in [2.45, 2.75) is 24.6 Å². The number of piperidine rings is 1. The van der Waals surface area contributed by atoms with Gasteiger partial charge in [-0.2, -0.15) is 13.2 Å². The molecule has 0 aliphatic carbocycles. The van der Waals surface area contributed by atoms with E-state index in [2.05, 4.69) is 9.97 Å². The third kappa shape index (κ3) is 3.49. The number of alkyl halides is 3. The van der Waals surface area contributed by atoms with Crippen LogP contribution < -0.4 is 4.90 Å². The van der Waals surface area contributed by atoms with Crippen LogP contribution in [-0.2, 0) is 11.8 Å². The zero-order valence-corrected chi connectivity index (χ0v) is 15.0. The molecule has 1 aliphatic rings. The van der Waals surface area contributed by atoms with Gasteiger partial charge in [-0.1, -0.05) is 23.7 Å². The highest BCUT2D eigenvalue weighted by molar-refractivity contribution is 6.30. The average Bonchev–Trinajstić information content (AvgIpc) is 3.05. The van der Waals surface area contributed by atoms with Gasteiger partial charge in [0, 0.05) is 18.1 Å². The molecule has 0 atom stereocenters. The molecule has 2 N–H and O–H groups in total. The summed E-state index contributed by atoms with van der Waals surface area (Å²) in [7, 11) is 0. The zero-order valence-electron chi connectivity index (χ0n) is 14.2. The molecular formula is C19H17ClF3N3O. The molecule has 8 heteroatoms. The number of rotatable bonds is 2. The first kappa shape index (κ1) is 18.1. The maximum Gasteiger partial charge on any atom is 0.416 e. The topological polar surface area (TPSA) is 52.1 Å². The van der Waals surface area contributed by atoms with Gasteiger partial charge in [-0.15, -0.1) is 0 Å². The fraction of sp³-hybridized carbons (Fsp3) is 0.316. The molecular weight excluding hydrogens is 379 g/mol. The quantitative estimate of drug-likeness (QED) is 0.660. The maximum absolute atomic E-state index is 12.9. The van der Waals surface area contributed by atoms with Gasteiger partial charge in [0.2, 0.25) is 5.95 Å². The lowest BCUT2D eigenvalue weighted by Gasteiger charge is -2.38. The van der Waals surface area contributed by atoms with Gasteiger partial charge in [-0.25, -0.2) is 4.98 Å². The number of hydrogen-bond acceptors (Lipinski definition) is 3. The number of imidazole rings is 1. The van der Waals surface area contributed by atoms with Crippen molar-refractivity contribution >= 4 is 28.6 Å². The normalized spacial score (nSPS) is 17.4. The lowest BCUT2D eigenvalue weighted by molar-refractivity contribution is -0.137. The Morgan fingerprint density at radius 2 is 1.85 bits per heavy atom. The van der Waals surface area contributed by atoms with Crippen molar-refractivity contribution in [1.82, 2.24) is 9.97 Å². The van der Waals surface area contributed by atoms with Crippen molar-refractivity contribution in [3.05, 3.63) is 58.6 Å². The van der Waals surface area contributed by atoms with Crippen LogP contribution in [0.4, 0.5) is 19.1 Å². The molecule has 1 fully saturated rings. The smallest absolute Gasteiger partial charge is 0.385 e. The summed E-state index contributed by atoms with van der Waals surface area (Å²) in [6.07, 6.45) is -3.45. The Bertz CT molecular complexity index is 978. The van der Waals surface area contributed by atoms with Gasteiger partial charge >= 0.3 is 6.18 Å². The van der Waals surface area contributed by atoms with Gasteiger partial charge in [0.25, 0.3) is 0 Å². The van der Waals surface area contributed by atoms with E-state index in [-0.39, 0.29) is 0 Å². The van der Waals surface area contributed by atoms with E-state index in [9.17, 15) is 18.3 Å². The van der Waals surface area contributed by atoms with Gasteiger partial charge in [0.05, 0.1) is 22.2 Å². The first-order valence-corrected chi connectivity index (χ1v) is 8.93. The highest BCUT2D eigenvalue weighted by Crippen LogP contribution is 2.36. The number of aromatic nitrogens is 2. The van der Waals surface area contributed by atoms with Crippen LogP contribution in [-0.4, -0.2) is 28.2 Å². The summed E-state index contributed by atoms with van der Waals surface area (Å²) in [5.41, 5.74) is -0.0888. The van der Waals surface area contributed by atoms with E-state index in [1.54, 1.807) is 18.2 Å². The molecule has 0 amide bonds. The number of nitrogens with zero attached hydrogens (tertiary/aromatic N) is 2. The van der Waals surface area contributed by atoms with E-state index in [4.69, 9.17) is 11.6 Å². The zero-order chi connectivity index (χ0) is 19.2. The Morgan fingerprint density at radius 1 is 1.11 bits per heavy atom.